The molecule has 2 aromatic heterocycles. The van der Waals surface area contributed by atoms with Crippen molar-refractivity contribution in [2.45, 2.75) is 38.6 Å². The van der Waals surface area contributed by atoms with Gasteiger partial charge in [0.1, 0.15) is 5.82 Å². The predicted molar refractivity (Wildman–Crippen MR) is 115 cm³/mol. The van der Waals surface area contributed by atoms with Crippen LogP contribution in [0, 0.1) is 0 Å². The number of hydrogen-bond donors (Lipinski definition) is 1. The van der Waals surface area contributed by atoms with Gasteiger partial charge in [-0.3, -0.25) is 0 Å². The van der Waals surface area contributed by atoms with E-state index in [4.69, 9.17) is 26.7 Å². The number of aromatic nitrogens is 4. The summed E-state index contributed by atoms with van der Waals surface area (Å²) in [6.07, 6.45) is 5.06. The highest BCUT2D eigenvalue weighted by atomic mass is 35.5. The Labute approximate surface area is 174 Å². The van der Waals surface area contributed by atoms with Gasteiger partial charge in [0.2, 0.25) is 0 Å². The van der Waals surface area contributed by atoms with E-state index in [1.807, 2.05) is 34.8 Å². The van der Waals surface area contributed by atoms with Crippen LogP contribution in [0.25, 0.3) is 5.78 Å². The van der Waals surface area contributed by atoms with Crippen molar-refractivity contribution in [1.29, 1.82) is 0 Å². The van der Waals surface area contributed by atoms with Crippen molar-refractivity contribution in [3.05, 3.63) is 87.8 Å². The Balaban J connectivity index is 1.51. The first-order chi connectivity index (χ1) is 14.3. The first kappa shape index (κ1) is 18.1. The van der Waals surface area contributed by atoms with Crippen LogP contribution in [0.2, 0.25) is 5.02 Å². The molecular weight excluding hydrogens is 382 g/mol. The lowest BCUT2D eigenvalue weighted by Crippen LogP contribution is -2.15. The zero-order valence-corrected chi connectivity index (χ0v) is 16.9. The minimum absolute atomic E-state index is 0.656. The number of halogens is 1. The van der Waals surface area contributed by atoms with Crippen LogP contribution in [0.5, 0.6) is 0 Å². The lowest BCUT2D eigenvalue weighted by molar-refractivity contribution is 0.660. The Morgan fingerprint density at radius 3 is 2.52 bits per heavy atom. The number of benzene rings is 2. The van der Waals surface area contributed by atoms with Gasteiger partial charge in [-0.25, -0.2) is 4.98 Å². The molecule has 0 saturated heterocycles. The molecule has 0 bridgehead atoms. The van der Waals surface area contributed by atoms with Gasteiger partial charge in [0.25, 0.3) is 5.78 Å². The van der Waals surface area contributed by atoms with E-state index in [-0.39, 0.29) is 0 Å². The van der Waals surface area contributed by atoms with E-state index in [9.17, 15) is 0 Å². The van der Waals surface area contributed by atoms with Crippen molar-refractivity contribution >= 4 is 23.2 Å². The first-order valence-electron chi connectivity index (χ1n) is 10.1. The molecule has 0 saturated carbocycles. The van der Waals surface area contributed by atoms with E-state index in [0.29, 0.717) is 12.2 Å². The number of aryl methyl sites for hydroxylation is 1. The first-order valence-corrected chi connectivity index (χ1v) is 10.4. The molecule has 4 aromatic rings. The fourth-order valence-corrected chi connectivity index (χ4v) is 4.03. The van der Waals surface area contributed by atoms with Crippen LogP contribution in [-0.2, 0) is 25.8 Å². The van der Waals surface area contributed by atoms with Gasteiger partial charge in [-0.15, -0.1) is 5.10 Å². The summed E-state index contributed by atoms with van der Waals surface area (Å²) >= 11 is 6.00. The number of nitrogens with one attached hydrogen (secondary N) is 1. The molecular formula is C23H22ClN5. The standard InChI is InChI=1S/C23H22ClN5/c24-18-12-10-16(11-13-18)14-21-27-23-26-20-9-5-4-8-19(20)22(29(23)28-21)25-15-17-6-2-1-3-7-17/h1-3,6-7,10-13,25H,4-5,8-9,14-15H2. The Hall–Kier alpha value is -2.92. The van der Waals surface area contributed by atoms with Crippen LogP contribution in [0.1, 0.15) is 41.1 Å². The van der Waals surface area contributed by atoms with Gasteiger partial charge in [-0.2, -0.15) is 9.50 Å². The molecule has 1 N–H and O–H groups in total. The van der Waals surface area contributed by atoms with Gasteiger partial charge >= 0.3 is 0 Å². The summed E-state index contributed by atoms with van der Waals surface area (Å²) in [6.45, 7) is 0.749. The molecule has 5 nitrogen and oxygen atoms in total. The lowest BCUT2D eigenvalue weighted by atomic mass is 9.96. The maximum Gasteiger partial charge on any atom is 0.254 e. The summed E-state index contributed by atoms with van der Waals surface area (Å²) in [5.74, 6) is 2.47. The molecule has 29 heavy (non-hydrogen) atoms. The molecule has 1 aliphatic carbocycles. The second-order valence-corrected chi connectivity index (χ2v) is 7.91. The summed E-state index contributed by atoms with van der Waals surface area (Å²) in [6, 6.07) is 18.3. The zero-order valence-electron chi connectivity index (χ0n) is 16.1. The van der Waals surface area contributed by atoms with Crippen molar-refractivity contribution < 1.29 is 0 Å². The van der Waals surface area contributed by atoms with Crippen LogP contribution >= 0.6 is 11.6 Å². The summed E-state index contributed by atoms with van der Waals surface area (Å²) in [7, 11) is 0. The highest BCUT2D eigenvalue weighted by molar-refractivity contribution is 6.30. The van der Waals surface area contributed by atoms with Crippen molar-refractivity contribution in [2.24, 2.45) is 0 Å². The van der Waals surface area contributed by atoms with Crippen molar-refractivity contribution in [1.82, 2.24) is 19.6 Å². The van der Waals surface area contributed by atoms with E-state index >= 15 is 0 Å². The monoisotopic (exact) mass is 403 g/mol. The van der Waals surface area contributed by atoms with Crippen LogP contribution < -0.4 is 5.32 Å². The van der Waals surface area contributed by atoms with Crippen molar-refractivity contribution in [3.8, 4) is 0 Å². The summed E-state index contributed by atoms with van der Waals surface area (Å²) in [5.41, 5.74) is 4.81. The minimum atomic E-state index is 0.656. The smallest absolute Gasteiger partial charge is 0.254 e. The lowest BCUT2D eigenvalue weighted by Gasteiger charge is -2.20. The molecule has 0 fully saturated rings. The fraction of sp³-hybridized carbons (Fsp3) is 0.261. The molecule has 0 atom stereocenters. The molecule has 146 valence electrons. The van der Waals surface area contributed by atoms with Gasteiger partial charge in [0, 0.05) is 23.6 Å². The number of rotatable bonds is 5. The summed E-state index contributed by atoms with van der Waals surface area (Å²) < 4.78 is 1.89. The molecule has 0 spiro atoms. The number of anilines is 1. The second kappa shape index (κ2) is 7.84. The highest BCUT2D eigenvalue weighted by Crippen LogP contribution is 2.28. The Kier molecular flexibility index (Phi) is 4.90. The Morgan fingerprint density at radius 1 is 0.897 bits per heavy atom. The predicted octanol–water partition coefficient (Wildman–Crippen LogP) is 4.86. The molecule has 5 rings (SSSR count). The van der Waals surface area contributed by atoms with Gasteiger partial charge in [-0.1, -0.05) is 54.1 Å². The van der Waals surface area contributed by atoms with Gasteiger partial charge < -0.3 is 5.32 Å². The third-order valence-electron chi connectivity index (χ3n) is 5.38. The molecule has 0 radical (unpaired) electrons. The molecule has 0 amide bonds. The van der Waals surface area contributed by atoms with Crippen LogP contribution in [-0.4, -0.2) is 19.6 Å². The largest absolute Gasteiger partial charge is 0.366 e. The van der Waals surface area contributed by atoms with Crippen molar-refractivity contribution in [3.63, 3.8) is 0 Å². The quantitative estimate of drug-likeness (QED) is 0.517. The van der Waals surface area contributed by atoms with Gasteiger partial charge in [-0.05, 0) is 48.9 Å². The van der Waals surface area contributed by atoms with Crippen molar-refractivity contribution in [2.75, 3.05) is 5.32 Å². The number of nitrogens with zero attached hydrogens (tertiary/aromatic N) is 4. The van der Waals surface area contributed by atoms with Gasteiger partial charge in [0.05, 0.1) is 5.69 Å². The molecule has 0 unspecified atom stereocenters. The molecule has 2 heterocycles. The summed E-state index contributed by atoms with van der Waals surface area (Å²) in [4.78, 5) is 9.56. The highest BCUT2D eigenvalue weighted by Gasteiger charge is 2.20. The van der Waals surface area contributed by atoms with Gasteiger partial charge in [0.15, 0.2) is 5.82 Å². The van der Waals surface area contributed by atoms with Crippen LogP contribution in [0.4, 0.5) is 5.82 Å². The van der Waals surface area contributed by atoms with E-state index in [1.165, 1.54) is 24.0 Å². The van der Waals surface area contributed by atoms with Crippen LogP contribution in [0.15, 0.2) is 54.6 Å². The maximum absolute atomic E-state index is 6.00. The Bertz CT molecular complexity index is 1140. The van der Waals surface area contributed by atoms with Crippen LogP contribution in [0.3, 0.4) is 0 Å². The third-order valence-corrected chi connectivity index (χ3v) is 5.64. The number of fused-ring (bicyclic) bond motifs is 2. The topological polar surface area (TPSA) is 55.1 Å². The number of hydrogen-bond acceptors (Lipinski definition) is 4. The summed E-state index contributed by atoms with van der Waals surface area (Å²) in [5, 5.41) is 9.15. The fourth-order valence-electron chi connectivity index (χ4n) is 3.91. The SMILES string of the molecule is Clc1ccc(Cc2nc3nc4c(c(NCc5ccccc5)n3n2)CCCC4)cc1. The molecule has 2 aromatic carbocycles. The molecule has 0 aliphatic heterocycles. The molecule has 1 aliphatic rings. The average Bonchev–Trinajstić information content (AvgIpc) is 3.15. The third kappa shape index (κ3) is 3.83. The zero-order chi connectivity index (χ0) is 19.6. The molecule has 6 heteroatoms. The van der Waals surface area contributed by atoms with E-state index < -0.39 is 0 Å². The van der Waals surface area contributed by atoms with E-state index in [0.717, 1.165) is 47.3 Å². The minimum Gasteiger partial charge on any atom is -0.366 e. The normalized spacial score (nSPS) is 13.4. The second-order valence-electron chi connectivity index (χ2n) is 7.47. The van der Waals surface area contributed by atoms with E-state index in [2.05, 4.69) is 29.6 Å². The maximum atomic E-state index is 6.00. The van der Waals surface area contributed by atoms with E-state index in [1.54, 1.807) is 0 Å². The average molecular weight is 404 g/mol. The Morgan fingerprint density at radius 2 is 1.69 bits per heavy atom.